The zero-order valence-corrected chi connectivity index (χ0v) is 12.2. The summed E-state index contributed by atoms with van der Waals surface area (Å²) in [6, 6.07) is 5.61. The van der Waals surface area contributed by atoms with Gasteiger partial charge in [-0.25, -0.2) is 4.98 Å². The van der Waals surface area contributed by atoms with E-state index < -0.39 is 0 Å². The highest BCUT2D eigenvalue weighted by atomic mass is 79.9. The van der Waals surface area contributed by atoms with Gasteiger partial charge in [0.05, 0.1) is 5.69 Å². The minimum absolute atomic E-state index is 0.520. The highest BCUT2D eigenvalue weighted by Crippen LogP contribution is 2.17. The van der Waals surface area contributed by atoms with E-state index in [1.54, 1.807) is 12.3 Å². The van der Waals surface area contributed by atoms with E-state index in [0.717, 1.165) is 29.7 Å². The molecule has 0 aliphatic heterocycles. The monoisotopic (exact) mass is 328 g/mol. The molecule has 0 spiro atoms. The Hall–Kier alpha value is -0.910. The second kappa shape index (κ2) is 6.87. The van der Waals surface area contributed by atoms with Gasteiger partial charge in [0.15, 0.2) is 0 Å². The quantitative estimate of drug-likeness (QED) is 0.654. The van der Waals surface area contributed by atoms with Crippen molar-refractivity contribution in [1.29, 1.82) is 0 Å². The van der Waals surface area contributed by atoms with Crippen LogP contribution in [0.15, 0.2) is 35.1 Å². The first-order chi connectivity index (χ1) is 8.75. The van der Waals surface area contributed by atoms with Gasteiger partial charge in [-0.2, -0.15) is 5.10 Å². The fourth-order valence-electron chi connectivity index (χ4n) is 1.59. The molecule has 18 heavy (non-hydrogen) atoms. The normalized spacial score (nSPS) is 10.8. The lowest BCUT2D eigenvalue weighted by molar-refractivity contribution is 0.541. The zero-order chi connectivity index (χ0) is 12.8. The average molecular weight is 330 g/mol. The maximum absolute atomic E-state index is 5.85. The SMILES string of the molecule is Clc1ccc(Br)c(CNCCCn2cccn2)n1. The number of nitrogens with one attached hydrogen (secondary N) is 1. The molecule has 2 aromatic heterocycles. The first kappa shape index (κ1) is 13.5. The summed E-state index contributed by atoms with van der Waals surface area (Å²) >= 11 is 9.31. The topological polar surface area (TPSA) is 42.7 Å². The lowest BCUT2D eigenvalue weighted by Gasteiger charge is -2.06. The first-order valence-corrected chi connectivity index (χ1v) is 6.92. The molecular weight excluding hydrogens is 316 g/mol. The molecule has 4 nitrogen and oxygen atoms in total. The van der Waals surface area contributed by atoms with Crippen LogP contribution < -0.4 is 5.32 Å². The van der Waals surface area contributed by atoms with Crippen molar-refractivity contribution in [3.05, 3.63) is 45.9 Å². The smallest absolute Gasteiger partial charge is 0.129 e. The van der Waals surface area contributed by atoms with E-state index in [0.29, 0.717) is 11.7 Å². The van der Waals surface area contributed by atoms with E-state index in [-0.39, 0.29) is 0 Å². The summed E-state index contributed by atoms with van der Waals surface area (Å²) in [5.41, 5.74) is 0.932. The van der Waals surface area contributed by atoms with Crippen LogP contribution in [-0.2, 0) is 13.1 Å². The summed E-state index contributed by atoms with van der Waals surface area (Å²) in [7, 11) is 0. The van der Waals surface area contributed by atoms with Crippen LogP contribution in [0, 0.1) is 0 Å². The van der Waals surface area contributed by atoms with Crippen molar-refractivity contribution in [2.45, 2.75) is 19.5 Å². The van der Waals surface area contributed by atoms with E-state index in [2.05, 4.69) is 31.3 Å². The third kappa shape index (κ3) is 4.08. The van der Waals surface area contributed by atoms with Crippen LogP contribution in [0.25, 0.3) is 0 Å². The van der Waals surface area contributed by atoms with Gasteiger partial charge in [0, 0.05) is 30.0 Å². The number of pyridine rings is 1. The van der Waals surface area contributed by atoms with Crippen LogP contribution in [0.2, 0.25) is 5.15 Å². The molecule has 2 rings (SSSR count). The molecule has 6 heteroatoms. The lowest BCUT2D eigenvalue weighted by atomic mass is 10.3. The Bertz CT molecular complexity index is 487. The second-order valence-corrected chi connectivity index (χ2v) is 5.10. The van der Waals surface area contributed by atoms with Crippen molar-refractivity contribution in [1.82, 2.24) is 20.1 Å². The summed E-state index contributed by atoms with van der Waals surface area (Å²) in [5, 5.41) is 8.01. The third-order valence-electron chi connectivity index (χ3n) is 2.48. The van der Waals surface area contributed by atoms with Gasteiger partial charge in [0.2, 0.25) is 0 Å². The minimum atomic E-state index is 0.520. The summed E-state index contributed by atoms with van der Waals surface area (Å²) in [5.74, 6) is 0. The van der Waals surface area contributed by atoms with Crippen LogP contribution in [0.5, 0.6) is 0 Å². The molecule has 0 bridgehead atoms. The largest absolute Gasteiger partial charge is 0.311 e. The number of rotatable bonds is 6. The van der Waals surface area contributed by atoms with Gasteiger partial charge in [0.1, 0.15) is 5.15 Å². The number of aryl methyl sites for hydroxylation is 1. The van der Waals surface area contributed by atoms with E-state index in [4.69, 9.17) is 11.6 Å². The summed E-state index contributed by atoms with van der Waals surface area (Å²) in [6.45, 7) is 2.55. The standard InChI is InChI=1S/C12H14BrClN4/c13-10-3-4-12(14)17-11(10)9-15-5-1-7-18-8-2-6-16-18/h2-4,6,8,15H,1,5,7,9H2. The summed E-state index contributed by atoms with van der Waals surface area (Å²) < 4.78 is 2.90. The summed E-state index contributed by atoms with van der Waals surface area (Å²) in [4.78, 5) is 4.26. The van der Waals surface area contributed by atoms with Crippen LogP contribution >= 0.6 is 27.5 Å². The molecule has 0 aliphatic rings. The molecular formula is C12H14BrClN4. The predicted octanol–water partition coefficient (Wildman–Crippen LogP) is 2.87. The highest BCUT2D eigenvalue weighted by Gasteiger charge is 2.02. The molecule has 2 aromatic rings. The fraction of sp³-hybridized carbons (Fsp3) is 0.333. The molecule has 0 saturated heterocycles. The first-order valence-electron chi connectivity index (χ1n) is 5.75. The minimum Gasteiger partial charge on any atom is -0.311 e. The second-order valence-electron chi connectivity index (χ2n) is 3.86. The van der Waals surface area contributed by atoms with Crippen molar-refractivity contribution >= 4 is 27.5 Å². The van der Waals surface area contributed by atoms with Crippen molar-refractivity contribution < 1.29 is 0 Å². The Kier molecular flexibility index (Phi) is 5.16. The van der Waals surface area contributed by atoms with E-state index in [9.17, 15) is 0 Å². The van der Waals surface area contributed by atoms with Gasteiger partial charge in [-0.05, 0) is 47.1 Å². The molecule has 0 unspecified atom stereocenters. The van der Waals surface area contributed by atoms with Crippen LogP contribution in [0.1, 0.15) is 12.1 Å². The van der Waals surface area contributed by atoms with Crippen molar-refractivity contribution in [3.8, 4) is 0 Å². The van der Waals surface area contributed by atoms with E-state index in [1.165, 1.54) is 0 Å². The molecule has 0 fully saturated rings. The van der Waals surface area contributed by atoms with E-state index in [1.807, 2.05) is 23.0 Å². The van der Waals surface area contributed by atoms with Crippen molar-refractivity contribution in [2.75, 3.05) is 6.54 Å². The lowest BCUT2D eigenvalue weighted by Crippen LogP contribution is -2.17. The zero-order valence-electron chi connectivity index (χ0n) is 9.81. The molecule has 2 heterocycles. The average Bonchev–Trinajstić information content (AvgIpc) is 2.86. The molecule has 0 atom stereocenters. The number of hydrogen-bond acceptors (Lipinski definition) is 3. The van der Waals surface area contributed by atoms with Gasteiger partial charge < -0.3 is 5.32 Å². The van der Waals surface area contributed by atoms with Gasteiger partial charge >= 0.3 is 0 Å². The Balaban J connectivity index is 1.70. The van der Waals surface area contributed by atoms with Gasteiger partial charge in [-0.1, -0.05) is 11.6 Å². The molecule has 1 N–H and O–H groups in total. The number of aromatic nitrogens is 3. The Morgan fingerprint density at radius 3 is 3.06 bits per heavy atom. The van der Waals surface area contributed by atoms with Gasteiger partial charge in [0.25, 0.3) is 0 Å². The molecule has 0 aliphatic carbocycles. The number of hydrogen-bond donors (Lipinski definition) is 1. The number of nitrogens with zero attached hydrogens (tertiary/aromatic N) is 3. The van der Waals surface area contributed by atoms with Crippen LogP contribution in [-0.4, -0.2) is 21.3 Å². The molecule has 96 valence electrons. The molecule has 0 amide bonds. The highest BCUT2D eigenvalue weighted by molar-refractivity contribution is 9.10. The Labute approximate surface area is 119 Å². The third-order valence-corrected chi connectivity index (χ3v) is 3.41. The molecule has 0 aromatic carbocycles. The maximum atomic E-state index is 5.85. The van der Waals surface area contributed by atoms with Crippen LogP contribution in [0.4, 0.5) is 0 Å². The van der Waals surface area contributed by atoms with Crippen molar-refractivity contribution in [2.24, 2.45) is 0 Å². The predicted molar refractivity (Wildman–Crippen MR) is 75.5 cm³/mol. The van der Waals surface area contributed by atoms with Gasteiger partial charge in [-0.15, -0.1) is 0 Å². The van der Waals surface area contributed by atoms with Crippen LogP contribution in [0.3, 0.4) is 0 Å². The summed E-state index contributed by atoms with van der Waals surface area (Å²) in [6.07, 6.45) is 4.79. The Morgan fingerprint density at radius 1 is 1.39 bits per heavy atom. The van der Waals surface area contributed by atoms with E-state index >= 15 is 0 Å². The number of halogens is 2. The Morgan fingerprint density at radius 2 is 2.28 bits per heavy atom. The molecule has 0 radical (unpaired) electrons. The molecule has 0 saturated carbocycles. The fourth-order valence-corrected chi connectivity index (χ4v) is 2.11. The van der Waals surface area contributed by atoms with Crippen molar-refractivity contribution in [3.63, 3.8) is 0 Å². The maximum Gasteiger partial charge on any atom is 0.129 e. The van der Waals surface area contributed by atoms with Gasteiger partial charge in [-0.3, -0.25) is 4.68 Å².